The number of rotatable bonds is 3. The van der Waals surface area contributed by atoms with Gasteiger partial charge in [0.25, 0.3) is 11.5 Å². The van der Waals surface area contributed by atoms with Gasteiger partial charge in [0.05, 0.1) is 16.4 Å². The highest BCUT2D eigenvalue weighted by atomic mass is 35.5. The third-order valence-electron chi connectivity index (χ3n) is 5.49. The molecule has 160 valence electrons. The summed E-state index contributed by atoms with van der Waals surface area (Å²) < 4.78 is 4.22. The quantitative estimate of drug-likeness (QED) is 0.419. The Kier molecular flexibility index (Phi) is 5.31. The van der Waals surface area contributed by atoms with Gasteiger partial charge in [-0.05, 0) is 36.1 Å². The molecule has 4 aromatic rings. The molecule has 1 N–H and O–H groups in total. The molecule has 5 nitrogen and oxygen atoms in total. The van der Waals surface area contributed by atoms with Gasteiger partial charge in [-0.25, -0.2) is 4.68 Å². The van der Waals surface area contributed by atoms with Crippen molar-refractivity contribution in [2.75, 3.05) is 5.32 Å². The highest BCUT2D eigenvalue weighted by molar-refractivity contribution is 7.21. The van der Waals surface area contributed by atoms with Crippen LogP contribution in [0.3, 0.4) is 0 Å². The lowest BCUT2D eigenvalue weighted by atomic mass is 9.87. The summed E-state index contributed by atoms with van der Waals surface area (Å²) in [4.78, 5) is 26.6. The number of anilines is 1. The molecular weight excluding hydrogens is 430 g/mol. The number of benzene rings is 2. The predicted octanol–water partition coefficient (Wildman–Crippen LogP) is 5.90. The molecule has 7 heteroatoms. The van der Waals surface area contributed by atoms with E-state index in [1.54, 1.807) is 18.7 Å². The van der Waals surface area contributed by atoms with E-state index in [2.05, 4.69) is 32.2 Å². The summed E-state index contributed by atoms with van der Waals surface area (Å²) in [5.41, 5.74) is 2.53. The van der Waals surface area contributed by atoms with Crippen LogP contribution >= 0.6 is 22.9 Å². The molecule has 0 atom stereocenters. The first-order valence-corrected chi connectivity index (χ1v) is 11.2. The molecule has 0 saturated carbocycles. The first-order valence-electron chi connectivity index (χ1n) is 9.97. The number of nitrogens with one attached hydrogen (secondary N) is 1. The zero-order valence-electron chi connectivity index (χ0n) is 18.1. The molecule has 0 aliphatic heterocycles. The van der Waals surface area contributed by atoms with Crippen LogP contribution in [0, 0.1) is 6.92 Å². The molecule has 0 fully saturated rings. The molecular formula is C24H24ClN3O2S. The Morgan fingerprint density at radius 1 is 1.10 bits per heavy atom. The monoisotopic (exact) mass is 453 g/mol. The fraction of sp³-hybridized carbons (Fsp3) is 0.250. The van der Waals surface area contributed by atoms with E-state index in [-0.39, 0.29) is 22.6 Å². The number of carbonyl (C=O) groups excluding carboxylic acids is 1. The van der Waals surface area contributed by atoms with Crippen LogP contribution in [-0.4, -0.2) is 15.3 Å². The van der Waals surface area contributed by atoms with Gasteiger partial charge < -0.3 is 5.32 Å². The highest BCUT2D eigenvalue weighted by Crippen LogP contribution is 2.38. The number of halogens is 1. The maximum atomic E-state index is 13.1. The van der Waals surface area contributed by atoms with Crippen molar-refractivity contribution >= 4 is 44.6 Å². The Balaban J connectivity index is 1.73. The first kappa shape index (κ1) is 21.4. The number of nitrogens with zero attached hydrogens (tertiary/aromatic N) is 2. The van der Waals surface area contributed by atoms with Crippen LogP contribution < -0.4 is 10.9 Å². The van der Waals surface area contributed by atoms with Gasteiger partial charge in [0, 0.05) is 17.1 Å². The van der Waals surface area contributed by atoms with Crippen LogP contribution in [0.25, 0.3) is 15.8 Å². The van der Waals surface area contributed by atoms with Crippen molar-refractivity contribution in [3.8, 4) is 5.69 Å². The number of hydrogen-bond acceptors (Lipinski definition) is 3. The van der Waals surface area contributed by atoms with Crippen molar-refractivity contribution in [1.29, 1.82) is 0 Å². The normalized spacial score (nSPS) is 11.8. The summed E-state index contributed by atoms with van der Waals surface area (Å²) in [6.45, 7) is 8.24. The number of fused-ring (bicyclic) bond motifs is 1. The van der Waals surface area contributed by atoms with Crippen LogP contribution in [-0.2, 0) is 12.5 Å². The van der Waals surface area contributed by atoms with Crippen molar-refractivity contribution in [3.05, 3.63) is 80.0 Å². The van der Waals surface area contributed by atoms with Gasteiger partial charge in [-0.3, -0.25) is 14.3 Å². The van der Waals surface area contributed by atoms with E-state index in [0.29, 0.717) is 15.6 Å². The summed E-state index contributed by atoms with van der Waals surface area (Å²) in [6, 6.07) is 15.4. The molecule has 4 rings (SSSR count). The molecule has 0 aliphatic rings. The first-order chi connectivity index (χ1) is 14.6. The van der Waals surface area contributed by atoms with E-state index in [9.17, 15) is 9.59 Å². The average Bonchev–Trinajstić information content (AvgIpc) is 3.17. The Labute approximate surface area is 189 Å². The predicted molar refractivity (Wildman–Crippen MR) is 129 cm³/mol. The molecule has 0 aliphatic carbocycles. The van der Waals surface area contributed by atoms with Gasteiger partial charge in [-0.2, -0.15) is 0 Å². The molecule has 2 aromatic carbocycles. The smallest absolute Gasteiger partial charge is 0.295 e. The number of hydrogen-bond donors (Lipinski definition) is 1. The summed E-state index contributed by atoms with van der Waals surface area (Å²) in [6.07, 6.45) is 0. The summed E-state index contributed by atoms with van der Waals surface area (Å²) in [5.74, 6) is -0.380. The zero-order valence-corrected chi connectivity index (χ0v) is 19.7. The maximum absolute atomic E-state index is 13.1. The molecule has 0 radical (unpaired) electrons. The van der Waals surface area contributed by atoms with Gasteiger partial charge in [-0.15, -0.1) is 11.3 Å². The number of para-hydroxylation sites is 1. The van der Waals surface area contributed by atoms with Crippen LogP contribution in [0.5, 0.6) is 0 Å². The highest BCUT2D eigenvalue weighted by Gasteiger charge is 2.23. The second-order valence-corrected chi connectivity index (χ2v) is 10.0. The lowest BCUT2D eigenvalue weighted by Crippen LogP contribution is -2.22. The van der Waals surface area contributed by atoms with Crippen molar-refractivity contribution < 1.29 is 4.79 Å². The lowest BCUT2D eigenvalue weighted by molar-refractivity contribution is 0.103. The minimum absolute atomic E-state index is 0.00322. The van der Waals surface area contributed by atoms with Crippen molar-refractivity contribution in [2.24, 2.45) is 7.05 Å². The Bertz CT molecular complexity index is 1360. The van der Waals surface area contributed by atoms with E-state index in [0.717, 1.165) is 15.8 Å². The van der Waals surface area contributed by atoms with Gasteiger partial charge in [0.15, 0.2) is 0 Å². The van der Waals surface area contributed by atoms with Crippen LogP contribution in [0.1, 0.15) is 41.7 Å². The number of aromatic nitrogens is 2. The van der Waals surface area contributed by atoms with E-state index >= 15 is 0 Å². The topological polar surface area (TPSA) is 56.0 Å². The van der Waals surface area contributed by atoms with Crippen LogP contribution in [0.15, 0.2) is 53.3 Å². The van der Waals surface area contributed by atoms with Crippen molar-refractivity contribution in [3.63, 3.8) is 0 Å². The SMILES string of the molecule is Cc1c(NC(=O)c2sc3cc(C(C)(C)C)ccc3c2Cl)c(=O)n(-c2ccccc2)n1C. The fourth-order valence-electron chi connectivity index (χ4n) is 3.56. The second kappa shape index (κ2) is 7.70. The Morgan fingerprint density at radius 3 is 2.42 bits per heavy atom. The molecule has 2 heterocycles. The maximum Gasteiger partial charge on any atom is 0.295 e. The molecule has 0 unspecified atom stereocenters. The third-order valence-corrected chi connectivity index (χ3v) is 7.15. The van der Waals surface area contributed by atoms with Crippen LogP contribution in [0.2, 0.25) is 5.02 Å². The van der Waals surface area contributed by atoms with E-state index in [1.807, 2.05) is 42.5 Å². The molecule has 31 heavy (non-hydrogen) atoms. The minimum atomic E-state index is -0.380. The van der Waals surface area contributed by atoms with Crippen molar-refractivity contribution in [1.82, 2.24) is 9.36 Å². The van der Waals surface area contributed by atoms with E-state index < -0.39 is 0 Å². The standard InChI is InChI=1S/C24H24ClN3O2S/c1-14-20(23(30)28(27(14)5)16-9-7-6-8-10-16)26-22(29)21-19(25)17-12-11-15(24(2,3)4)13-18(17)31-21/h6-13H,1-5H3,(H,26,29). The van der Waals surface area contributed by atoms with Gasteiger partial charge in [0.1, 0.15) is 10.6 Å². The average molecular weight is 454 g/mol. The van der Waals surface area contributed by atoms with E-state index in [4.69, 9.17) is 11.6 Å². The Hall–Kier alpha value is -2.83. The second-order valence-electron chi connectivity index (χ2n) is 8.60. The van der Waals surface area contributed by atoms with Gasteiger partial charge in [0.2, 0.25) is 0 Å². The fourth-order valence-corrected chi connectivity index (χ4v) is 5.01. The summed E-state index contributed by atoms with van der Waals surface area (Å²) in [5, 5.41) is 4.06. The van der Waals surface area contributed by atoms with Crippen LogP contribution in [0.4, 0.5) is 5.69 Å². The van der Waals surface area contributed by atoms with Gasteiger partial charge in [-0.1, -0.05) is 62.7 Å². The molecule has 0 spiro atoms. The number of carbonyl (C=O) groups is 1. The lowest BCUT2D eigenvalue weighted by Gasteiger charge is -2.18. The third kappa shape index (κ3) is 3.70. The molecule has 0 saturated heterocycles. The van der Waals surface area contributed by atoms with Gasteiger partial charge >= 0.3 is 0 Å². The Morgan fingerprint density at radius 2 is 1.77 bits per heavy atom. The van der Waals surface area contributed by atoms with Crippen molar-refractivity contribution in [2.45, 2.75) is 33.1 Å². The summed E-state index contributed by atoms with van der Waals surface area (Å²) in [7, 11) is 1.79. The number of thiophene rings is 1. The zero-order chi connectivity index (χ0) is 22.5. The van der Waals surface area contributed by atoms with E-state index in [1.165, 1.54) is 21.6 Å². The number of amides is 1. The summed E-state index contributed by atoms with van der Waals surface area (Å²) >= 11 is 7.90. The largest absolute Gasteiger partial charge is 0.315 e. The molecule has 2 aromatic heterocycles. The molecule has 1 amide bonds. The minimum Gasteiger partial charge on any atom is -0.315 e. The molecule has 0 bridgehead atoms.